The standard InChI is InChI=1S/C14H18O6S/c1-3-19-13(15)10-9-12(20-21(2,17)18)14(16)11-7-5-4-6-8-11/h4-8,12H,3,9-10H2,1-2H3. The van der Waals surface area contributed by atoms with Crippen LogP contribution in [0.15, 0.2) is 30.3 Å². The summed E-state index contributed by atoms with van der Waals surface area (Å²) in [5, 5.41) is 0. The number of carbonyl (C=O) groups is 2. The first-order chi connectivity index (χ1) is 9.83. The molecule has 0 saturated heterocycles. The second kappa shape index (κ2) is 7.90. The molecular weight excluding hydrogens is 296 g/mol. The Morgan fingerprint density at radius 1 is 1.19 bits per heavy atom. The lowest BCUT2D eigenvalue weighted by atomic mass is 10.0. The Bertz CT molecular complexity index is 579. The van der Waals surface area contributed by atoms with Crippen LogP contribution in [0.1, 0.15) is 30.1 Å². The van der Waals surface area contributed by atoms with Gasteiger partial charge < -0.3 is 4.74 Å². The Hall–Kier alpha value is -1.73. The molecule has 0 aromatic heterocycles. The lowest BCUT2D eigenvalue weighted by molar-refractivity contribution is -0.143. The zero-order chi connectivity index (χ0) is 15.9. The molecule has 21 heavy (non-hydrogen) atoms. The van der Waals surface area contributed by atoms with Gasteiger partial charge in [-0.1, -0.05) is 30.3 Å². The van der Waals surface area contributed by atoms with Crippen molar-refractivity contribution in [3.63, 3.8) is 0 Å². The molecule has 0 aliphatic heterocycles. The summed E-state index contributed by atoms with van der Waals surface area (Å²) >= 11 is 0. The number of esters is 1. The minimum absolute atomic E-state index is 0.0559. The van der Waals surface area contributed by atoms with Gasteiger partial charge in [-0.25, -0.2) is 0 Å². The van der Waals surface area contributed by atoms with Gasteiger partial charge in [-0.2, -0.15) is 8.42 Å². The number of hydrogen-bond donors (Lipinski definition) is 0. The van der Waals surface area contributed by atoms with E-state index in [0.717, 1.165) is 6.26 Å². The van der Waals surface area contributed by atoms with Crippen molar-refractivity contribution in [2.45, 2.75) is 25.9 Å². The van der Waals surface area contributed by atoms with Gasteiger partial charge in [-0.05, 0) is 13.3 Å². The minimum atomic E-state index is -3.81. The molecule has 0 saturated carbocycles. The Morgan fingerprint density at radius 3 is 2.33 bits per heavy atom. The van der Waals surface area contributed by atoms with E-state index in [1.807, 2.05) is 0 Å². The fourth-order valence-corrected chi connectivity index (χ4v) is 2.31. The molecule has 0 aliphatic carbocycles. The monoisotopic (exact) mass is 314 g/mol. The van der Waals surface area contributed by atoms with Crippen molar-refractivity contribution in [2.24, 2.45) is 0 Å². The van der Waals surface area contributed by atoms with Crippen LogP contribution in [0.25, 0.3) is 0 Å². The van der Waals surface area contributed by atoms with Crippen molar-refractivity contribution in [1.82, 2.24) is 0 Å². The number of benzene rings is 1. The molecule has 0 spiro atoms. The average Bonchev–Trinajstić information content (AvgIpc) is 2.43. The summed E-state index contributed by atoms with van der Waals surface area (Å²) in [5.41, 5.74) is 0.329. The highest BCUT2D eigenvalue weighted by Crippen LogP contribution is 2.14. The Labute approximate surface area is 124 Å². The molecule has 0 amide bonds. The van der Waals surface area contributed by atoms with Crippen molar-refractivity contribution in [3.05, 3.63) is 35.9 Å². The van der Waals surface area contributed by atoms with Crippen LogP contribution >= 0.6 is 0 Å². The zero-order valence-corrected chi connectivity index (χ0v) is 12.8. The molecule has 7 heteroatoms. The Balaban J connectivity index is 2.82. The predicted octanol–water partition coefficient (Wildman–Crippen LogP) is 1.56. The predicted molar refractivity (Wildman–Crippen MR) is 76.4 cm³/mol. The molecule has 0 bridgehead atoms. The highest BCUT2D eigenvalue weighted by Gasteiger charge is 2.25. The summed E-state index contributed by atoms with van der Waals surface area (Å²) in [6, 6.07) is 8.19. The summed E-state index contributed by atoms with van der Waals surface area (Å²) in [7, 11) is -3.81. The van der Waals surface area contributed by atoms with Gasteiger partial charge in [0.05, 0.1) is 12.9 Å². The number of rotatable bonds is 8. The van der Waals surface area contributed by atoms with Gasteiger partial charge in [0, 0.05) is 12.0 Å². The summed E-state index contributed by atoms with van der Waals surface area (Å²) in [5.74, 6) is -0.981. The second-order valence-corrected chi connectivity index (χ2v) is 5.96. The number of ketones is 1. The Morgan fingerprint density at radius 2 is 1.81 bits per heavy atom. The van der Waals surface area contributed by atoms with Crippen molar-refractivity contribution in [2.75, 3.05) is 12.9 Å². The minimum Gasteiger partial charge on any atom is -0.466 e. The topological polar surface area (TPSA) is 86.7 Å². The lowest BCUT2D eigenvalue weighted by Gasteiger charge is -2.14. The molecule has 6 nitrogen and oxygen atoms in total. The molecule has 1 rings (SSSR count). The highest BCUT2D eigenvalue weighted by molar-refractivity contribution is 7.86. The first-order valence-electron chi connectivity index (χ1n) is 6.46. The molecule has 1 aromatic carbocycles. The second-order valence-electron chi connectivity index (χ2n) is 4.36. The maximum absolute atomic E-state index is 12.3. The van der Waals surface area contributed by atoms with Crippen LogP contribution in [0.3, 0.4) is 0 Å². The molecule has 1 unspecified atom stereocenters. The van der Waals surface area contributed by atoms with Crippen LogP contribution in [0, 0.1) is 0 Å². The highest BCUT2D eigenvalue weighted by atomic mass is 32.2. The van der Waals surface area contributed by atoms with Crippen LogP contribution in [0.2, 0.25) is 0 Å². The van der Waals surface area contributed by atoms with Crippen LogP contribution < -0.4 is 0 Å². The number of carbonyl (C=O) groups excluding carboxylic acids is 2. The van der Waals surface area contributed by atoms with Gasteiger partial charge in [0.15, 0.2) is 5.78 Å². The van der Waals surface area contributed by atoms with Crippen molar-refractivity contribution in [1.29, 1.82) is 0 Å². The number of Topliss-reactive ketones (excluding diaryl/α,β-unsaturated/α-hetero) is 1. The number of hydrogen-bond acceptors (Lipinski definition) is 6. The van der Waals surface area contributed by atoms with Crippen LogP contribution in [-0.4, -0.2) is 39.1 Å². The lowest BCUT2D eigenvalue weighted by Crippen LogP contribution is -2.28. The first kappa shape index (κ1) is 17.3. The third kappa shape index (κ3) is 6.50. The quantitative estimate of drug-likeness (QED) is 0.411. The number of ether oxygens (including phenoxy) is 1. The van der Waals surface area contributed by atoms with E-state index >= 15 is 0 Å². The van der Waals surface area contributed by atoms with Crippen LogP contribution in [-0.2, 0) is 23.8 Å². The van der Waals surface area contributed by atoms with E-state index in [-0.39, 0.29) is 19.4 Å². The van der Waals surface area contributed by atoms with Crippen LogP contribution in [0.4, 0.5) is 0 Å². The molecule has 0 aliphatic rings. The van der Waals surface area contributed by atoms with Gasteiger partial charge in [-0.15, -0.1) is 0 Å². The van der Waals surface area contributed by atoms with Crippen molar-refractivity contribution >= 4 is 21.9 Å². The normalized spacial score (nSPS) is 12.7. The molecule has 0 N–H and O–H groups in total. The Kier molecular flexibility index (Phi) is 6.51. The first-order valence-corrected chi connectivity index (χ1v) is 8.28. The molecular formula is C14H18O6S. The van der Waals surface area contributed by atoms with Crippen LogP contribution in [0.5, 0.6) is 0 Å². The van der Waals surface area contributed by atoms with Gasteiger partial charge >= 0.3 is 5.97 Å². The summed E-state index contributed by atoms with van der Waals surface area (Å²) in [6.07, 6.45) is -0.513. The fourth-order valence-electron chi connectivity index (χ4n) is 1.70. The van der Waals surface area contributed by atoms with Crippen molar-refractivity contribution in [3.8, 4) is 0 Å². The molecule has 0 fully saturated rings. The molecule has 116 valence electrons. The van der Waals surface area contributed by atoms with Gasteiger partial charge in [0.1, 0.15) is 6.10 Å². The van der Waals surface area contributed by atoms with Gasteiger partial charge in [0.2, 0.25) is 0 Å². The maximum Gasteiger partial charge on any atom is 0.305 e. The molecule has 0 heterocycles. The summed E-state index contributed by atoms with van der Waals surface area (Å²) < 4.78 is 32.1. The van der Waals surface area contributed by atoms with Gasteiger partial charge in [0.25, 0.3) is 10.1 Å². The van der Waals surface area contributed by atoms with E-state index in [0.29, 0.717) is 5.56 Å². The van der Waals surface area contributed by atoms with E-state index in [4.69, 9.17) is 8.92 Å². The third-order valence-corrected chi connectivity index (χ3v) is 3.14. The molecule has 1 aromatic rings. The largest absolute Gasteiger partial charge is 0.466 e. The van der Waals surface area contributed by atoms with E-state index in [1.54, 1.807) is 37.3 Å². The fraction of sp³-hybridized carbons (Fsp3) is 0.429. The summed E-state index contributed by atoms with van der Waals surface area (Å²) in [4.78, 5) is 23.6. The van der Waals surface area contributed by atoms with E-state index in [1.165, 1.54) is 0 Å². The summed E-state index contributed by atoms with van der Waals surface area (Å²) in [6.45, 7) is 1.89. The van der Waals surface area contributed by atoms with E-state index < -0.39 is 28.0 Å². The SMILES string of the molecule is CCOC(=O)CCC(OS(C)(=O)=O)C(=O)c1ccccc1. The smallest absolute Gasteiger partial charge is 0.305 e. The molecule has 0 radical (unpaired) electrons. The van der Waals surface area contributed by atoms with E-state index in [9.17, 15) is 18.0 Å². The average molecular weight is 314 g/mol. The third-order valence-electron chi connectivity index (χ3n) is 2.56. The maximum atomic E-state index is 12.3. The van der Waals surface area contributed by atoms with Gasteiger partial charge in [-0.3, -0.25) is 13.8 Å². The van der Waals surface area contributed by atoms with E-state index in [2.05, 4.69) is 0 Å². The zero-order valence-electron chi connectivity index (χ0n) is 11.9. The van der Waals surface area contributed by atoms with Crippen molar-refractivity contribution < 1.29 is 26.9 Å². The molecule has 1 atom stereocenters.